The van der Waals surface area contributed by atoms with Gasteiger partial charge < -0.3 is 15.3 Å². The Labute approximate surface area is 104 Å². The Bertz CT molecular complexity index is 347. The molecule has 0 aromatic carbocycles. The number of anilines is 1. The highest BCUT2D eigenvalue weighted by atomic mass is 16.3. The third kappa shape index (κ3) is 4.71. The first kappa shape index (κ1) is 13.9. The van der Waals surface area contributed by atoms with Crippen LogP contribution in [0.1, 0.15) is 26.3 Å². The number of likely N-dealkylation sites (N-methyl/N-ethyl adjacent to an activating group) is 1. The van der Waals surface area contributed by atoms with Crippen LogP contribution in [0.15, 0.2) is 18.3 Å². The van der Waals surface area contributed by atoms with Gasteiger partial charge in [-0.05, 0) is 26.8 Å². The molecule has 1 aromatic heterocycles. The molecule has 0 spiro atoms. The molecule has 0 aliphatic heterocycles. The van der Waals surface area contributed by atoms with Gasteiger partial charge in [-0.2, -0.15) is 0 Å². The first-order valence-electron chi connectivity index (χ1n) is 5.95. The minimum absolute atomic E-state index is 0.0860. The normalized spacial score (nSPS) is 11.6. The monoisotopic (exact) mass is 237 g/mol. The Kier molecular flexibility index (Phi) is 4.90. The number of hydrogen-bond donors (Lipinski definition) is 2. The number of nitrogens with one attached hydrogen (secondary N) is 1. The highest BCUT2D eigenvalue weighted by molar-refractivity contribution is 5.45. The SMILES string of the molecule is CN(CCO)c1ncccc1CNC(C)(C)C. The summed E-state index contributed by atoms with van der Waals surface area (Å²) in [5.74, 6) is 0.929. The fourth-order valence-corrected chi connectivity index (χ4v) is 1.53. The fourth-order valence-electron chi connectivity index (χ4n) is 1.53. The van der Waals surface area contributed by atoms with Crippen molar-refractivity contribution in [1.29, 1.82) is 0 Å². The summed E-state index contributed by atoms with van der Waals surface area (Å²) < 4.78 is 0. The summed E-state index contributed by atoms with van der Waals surface area (Å²) in [4.78, 5) is 6.34. The van der Waals surface area contributed by atoms with E-state index in [0.717, 1.165) is 17.9 Å². The van der Waals surface area contributed by atoms with E-state index in [1.165, 1.54) is 0 Å². The molecular weight excluding hydrogens is 214 g/mol. The number of nitrogens with zero attached hydrogens (tertiary/aromatic N) is 2. The summed E-state index contributed by atoms with van der Waals surface area (Å²) in [5, 5.41) is 12.4. The minimum atomic E-state index is 0.0860. The number of pyridine rings is 1. The summed E-state index contributed by atoms with van der Waals surface area (Å²) in [6, 6.07) is 4.00. The van der Waals surface area contributed by atoms with Gasteiger partial charge in [0.1, 0.15) is 5.82 Å². The summed E-state index contributed by atoms with van der Waals surface area (Å²) in [5.41, 5.74) is 1.24. The van der Waals surface area contributed by atoms with E-state index in [2.05, 4.69) is 37.1 Å². The van der Waals surface area contributed by atoms with Crippen molar-refractivity contribution in [3.63, 3.8) is 0 Å². The molecule has 0 saturated carbocycles. The lowest BCUT2D eigenvalue weighted by atomic mass is 10.1. The van der Waals surface area contributed by atoms with E-state index in [4.69, 9.17) is 5.11 Å². The summed E-state index contributed by atoms with van der Waals surface area (Å²) in [7, 11) is 1.94. The zero-order valence-electron chi connectivity index (χ0n) is 11.2. The molecule has 0 saturated heterocycles. The van der Waals surface area contributed by atoms with Gasteiger partial charge in [0, 0.05) is 37.4 Å². The van der Waals surface area contributed by atoms with Gasteiger partial charge in [-0.15, -0.1) is 0 Å². The van der Waals surface area contributed by atoms with E-state index < -0.39 is 0 Å². The van der Waals surface area contributed by atoms with Crippen molar-refractivity contribution in [3.8, 4) is 0 Å². The molecule has 0 amide bonds. The quantitative estimate of drug-likeness (QED) is 0.812. The van der Waals surface area contributed by atoms with E-state index in [1.807, 2.05) is 18.0 Å². The topological polar surface area (TPSA) is 48.4 Å². The second kappa shape index (κ2) is 5.98. The van der Waals surface area contributed by atoms with Crippen LogP contribution in [0.4, 0.5) is 5.82 Å². The molecule has 0 fully saturated rings. The average molecular weight is 237 g/mol. The lowest BCUT2D eigenvalue weighted by Gasteiger charge is -2.24. The van der Waals surface area contributed by atoms with Gasteiger partial charge in [0.05, 0.1) is 6.61 Å². The van der Waals surface area contributed by atoms with E-state index in [-0.39, 0.29) is 12.1 Å². The second-order valence-corrected chi connectivity index (χ2v) is 5.23. The number of rotatable bonds is 5. The van der Waals surface area contributed by atoms with Crippen LogP contribution in [0.2, 0.25) is 0 Å². The highest BCUT2D eigenvalue weighted by Gasteiger charge is 2.12. The van der Waals surface area contributed by atoms with Crippen molar-refractivity contribution in [2.75, 3.05) is 25.1 Å². The van der Waals surface area contributed by atoms with Crippen molar-refractivity contribution in [2.24, 2.45) is 0 Å². The predicted octanol–water partition coefficient (Wildman–Crippen LogP) is 1.40. The largest absolute Gasteiger partial charge is 0.395 e. The van der Waals surface area contributed by atoms with Gasteiger partial charge in [0.15, 0.2) is 0 Å². The summed E-state index contributed by atoms with van der Waals surface area (Å²) >= 11 is 0. The highest BCUT2D eigenvalue weighted by Crippen LogP contribution is 2.16. The Morgan fingerprint density at radius 1 is 1.41 bits per heavy atom. The Morgan fingerprint density at radius 2 is 2.12 bits per heavy atom. The van der Waals surface area contributed by atoms with Crippen LogP contribution in [0, 0.1) is 0 Å². The third-order valence-corrected chi connectivity index (χ3v) is 2.47. The van der Waals surface area contributed by atoms with Crippen LogP contribution in [0.25, 0.3) is 0 Å². The Balaban J connectivity index is 2.77. The van der Waals surface area contributed by atoms with Gasteiger partial charge in [0.25, 0.3) is 0 Å². The van der Waals surface area contributed by atoms with Gasteiger partial charge in [-0.25, -0.2) is 4.98 Å². The zero-order valence-corrected chi connectivity index (χ0v) is 11.2. The predicted molar refractivity (Wildman–Crippen MR) is 71.2 cm³/mol. The first-order valence-corrected chi connectivity index (χ1v) is 5.95. The standard InChI is InChI=1S/C13H23N3O/c1-13(2,3)15-10-11-6-5-7-14-12(11)16(4)8-9-17/h5-7,15,17H,8-10H2,1-4H3. The van der Waals surface area contributed by atoms with Crippen molar-refractivity contribution in [2.45, 2.75) is 32.9 Å². The van der Waals surface area contributed by atoms with Crippen molar-refractivity contribution in [1.82, 2.24) is 10.3 Å². The van der Waals surface area contributed by atoms with Crippen molar-refractivity contribution < 1.29 is 5.11 Å². The lowest BCUT2D eigenvalue weighted by molar-refractivity contribution is 0.303. The molecule has 2 N–H and O–H groups in total. The van der Waals surface area contributed by atoms with Gasteiger partial charge >= 0.3 is 0 Å². The van der Waals surface area contributed by atoms with E-state index in [0.29, 0.717) is 6.54 Å². The van der Waals surface area contributed by atoms with Crippen LogP contribution >= 0.6 is 0 Å². The van der Waals surface area contributed by atoms with Crippen molar-refractivity contribution in [3.05, 3.63) is 23.9 Å². The number of hydrogen-bond acceptors (Lipinski definition) is 4. The number of aromatic nitrogens is 1. The smallest absolute Gasteiger partial charge is 0.132 e. The first-order chi connectivity index (χ1) is 7.94. The molecule has 4 heteroatoms. The zero-order chi connectivity index (χ0) is 12.9. The van der Waals surface area contributed by atoms with E-state index >= 15 is 0 Å². The summed E-state index contributed by atoms with van der Waals surface area (Å²) in [6.07, 6.45) is 1.78. The molecule has 1 aromatic rings. The molecule has 1 heterocycles. The van der Waals surface area contributed by atoms with E-state index in [9.17, 15) is 0 Å². The molecule has 1 rings (SSSR count). The molecule has 0 atom stereocenters. The van der Waals surface area contributed by atoms with Gasteiger partial charge in [-0.3, -0.25) is 0 Å². The molecule has 0 bridgehead atoms. The lowest BCUT2D eigenvalue weighted by Crippen LogP contribution is -2.35. The third-order valence-electron chi connectivity index (χ3n) is 2.47. The molecule has 0 aliphatic rings. The number of aliphatic hydroxyl groups excluding tert-OH is 1. The average Bonchev–Trinajstić information content (AvgIpc) is 2.26. The second-order valence-electron chi connectivity index (χ2n) is 5.23. The molecule has 96 valence electrons. The summed E-state index contributed by atoms with van der Waals surface area (Å²) in [6.45, 7) is 7.93. The molecule has 17 heavy (non-hydrogen) atoms. The fraction of sp³-hybridized carbons (Fsp3) is 0.615. The van der Waals surface area contributed by atoms with Crippen LogP contribution in [-0.2, 0) is 6.54 Å². The van der Waals surface area contributed by atoms with Gasteiger partial charge in [-0.1, -0.05) is 6.07 Å². The Morgan fingerprint density at radius 3 is 2.71 bits per heavy atom. The van der Waals surface area contributed by atoms with Crippen LogP contribution in [0.3, 0.4) is 0 Å². The van der Waals surface area contributed by atoms with E-state index in [1.54, 1.807) is 6.20 Å². The van der Waals surface area contributed by atoms with Crippen LogP contribution in [-0.4, -0.2) is 35.8 Å². The van der Waals surface area contributed by atoms with Crippen LogP contribution < -0.4 is 10.2 Å². The van der Waals surface area contributed by atoms with Crippen LogP contribution in [0.5, 0.6) is 0 Å². The molecule has 0 aliphatic carbocycles. The molecular formula is C13H23N3O. The maximum absolute atomic E-state index is 8.96. The molecule has 4 nitrogen and oxygen atoms in total. The Hall–Kier alpha value is -1.13. The maximum atomic E-state index is 8.96. The molecule has 0 radical (unpaired) electrons. The van der Waals surface area contributed by atoms with Gasteiger partial charge in [0.2, 0.25) is 0 Å². The van der Waals surface area contributed by atoms with Crippen molar-refractivity contribution >= 4 is 5.82 Å². The number of aliphatic hydroxyl groups is 1. The minimum Gasteiger partial charge on any atom is -0.395 e. The molecule has 0 unspecified atom stereocenters. The maximum Gasteiger partial charge on any atom is 0.132 e.